The molecule has 0 spiro atoms. The predicted octanol–water partition coefficient (Wildman–Crippen LogP) is 3.84. The number of aliphatic hydroxyl groups is 1. The number of anilines is 1. The van der Waals surface area contributed by atoms with Crippen LogP contribution in [0.2, 0.25) is 5.02 Å². The fraction of sp³-hybridized carbons (Fsp3) is 0.167. The van der Waals surface area contributed by atoms with Gasteiger partial charge in [0.1, 0.15) is 11.9 Å². The number of aliphatic hydroxyl groups excluding tert-OH is 1. The Bertz CT molecular complexity index is 487. The fourth-order valence-electron chi connectivity index (χ4n) is 1.40. The van der Waals surface area contributed by atoms with E-state index >= 15 is 0 Å². The van der Waals surface area contributed by atoms with Crippen LogP contribution >= 0.6 is 27.5 Å². The first-order valence-electron chi connectivity index (χ1n) is 5.07. The lowest BCUT2D eigenvalue weighted by Crippen LogP contribution is -2.11. The maximum absolute atomic E-state index is 9.80. The first-order valence-corrected chi connectivity index (χ1v) is 6.24. The Labute approximate surface area is 113 Å². The average molecular weight is 317 g/mol. The van der Waals surface area contributed by atoms with Crippen molar-refractivity contribution in [1.82, 2.24) is 0 Å². The molecule has 0 aliphatic heterocycles. The molecule has 2 rings (SSSR count). The number of hydrogen-bond donors (Lipinski definition) is 2. The van der Waals surface area contributed by atoms with Gasteiger partial charge in [0.25, 0.3) is 0 Å². The van der Waals surface area contributed by atoms with Crippen LogP contribution < -0.4 is 5.32 Å². The molecule has 0 aliphatic carbocycles. The molecule has 5 heteroatoms. The van der Waals surface area contributed by atoms with E-state index in [1.165, 1.54) is 6.26 Å². The fourth-order valence-corrected chi connectivity index (χ4v) is 1.83. The monoisotopic (exact) mass is 315 g/mol. The average Bonchev–Trinajstić information content (AvgIpc) is 2.84. The molecule has 0 bridgehead atoms. The molecule has 2 N–H and O–H groups in total. The molecule has 1 atom stereocenters. The third-order valence-electron chi connectivity index (χ3n) is 2.29. The zero-order valence-electron chi connectivity index (χ0n) is 8.86. The lowest BCUT2D eigenvalue weighted by atomic mass is 10.2. The Kier molecular flexibility index (Phi) is 4.10. The molecular weight excluding hydrogens is 305 g/mol. The molecule has 0 fully saturated rings. The number of hydrogen-bond acceptors (Lipinski definition) is 3. The van der Waals surface area contributed by atoms with Gasteiger partial charge in [0.2, 0.25) is 0 Å². The van der Waals surface area contributed by atoms with Gasteiger partial charge in [-0.3, -0.25) is 0 Å². The highest BCUT2D eigenvalue weighted by Gasteiger charge is 2.09. The lowest BCUT2D eigenvalue weighted by Gasteiger charge is -2.11. The van der Waals surface area contributed by atoms with Gasteiger partial charge in [-0.1, -0.05) is 11.6 Å². The predicted molar refractivity (Wildman–Crippen MR) is 71.3 cm³/mol. The summed E-state index contributed by atoms with van der Waals surface area (Å²) in [6.45, 7) is 0.367. The summed E-state index contributed by atoms with van der Waals surface area (Å²) in [5, 5.41) is 13.5. The van der Waals surface area contributed by atoms with Crippen molar-refractivity contribution in [3.8, 4) is 0 Å². The van der Waals surface area contributed by atoms with Crippen LogP contribution in [0.3, 0.4) is 0 Å². The highest BCUT2D eigenvalue weighted by Crippen LogP contribution is 2.26. The quantitative estimate of drug-likeness (QED) is 0.901. The third-order valence-corrected chi connectivity index (χ3v) is 3.52. The number of rotatable bonds is 4. The second kappa shape index (κ2) is 5.58. The minimum Gasteiger partial charge on any atom is -0.467 e. The second-order valence-electron chi connectivity index (χ2n) is 3.54. The Balaban J connectivity index is 1.96. The van der Waals surface area contributed by atoms with E-state index in [9.17, 15) is 5.11 Å². The highest BCUT2D eigenvalue weighted by atomic mass is 79.9. The Morgan fingerprint density at radius 1 is 1.41 bits per heavy atom. The lowest BCUT2D eigenvalue weighted by molar-refractivity contribution is 0.162. The molecule has 3 nitrogen and oxygen atoms in total. The molecule has 1 unspecified atom stereocenters. The van der Waals surface area contributed by atoms with Gasteiger partial charge >= 0.3 is 0 Å². The van der Waals surface area contributed by atoms with Crippen molar-refractivity contribution in [2.45, 2.75) is 6.10 Å². The van der Waals surface area contributed by atoms with Crippen LogP contribution in [0.5, 0.6) is 0 Å². The highest BCUT2D eigenvalue weighted by molar-refractivity contribution is 9.10. The number of furan rings is 1. The van der Waals surface area contributed by atoms with Crippen LogP contribution in [0, 0.1) is 0 Å². The van der Waals surface area contributed by atoms with Crippen molar-refractivity contribution in [1.29, 1.82) is 0 Å². The number of halogens is 2. The van der Waals surface area contributed by atoms with Crippen LogP contribution in [0.1, 0.15) is 11.9 Å². The number of nitrogens with one attached hydrogen (secondary N) is 1. The van der Waals surface area contributed by atoms with E-state index in [1.807, 2.05) is 12.1 Å². The largest absolute Gasteiger partial charge is 0.467 e. The summed E-state index contributed by atoms with van der Waals surface area (Å²) in [4.78, 5) is 0. The summed E-state index contributed by atoms with van der Waals surface area (Å²) in [7, 11) is 0. The smallest absolute Gasteiger partial charge is 0.134 e. The summed E-state index contributed by atoms with van der Waals surface area (Å²) in [5.41, 5.74) is 0.851. The van der Waals surface area contributed by atoms with Gasteiger partial charge in [-0.05, 0) is 46.3 Å². The van der Waals surface area contributed by atoms with Crippen LogP contribution in [0.4, 0.5) is 5.69 Å². The molecule has 1 heterocycles. The van der Waals surface area contributed by atoms with E-state index in [0.29, 0.717) is 17.3 Å². The third kappa shape index (κ3) is 3.25. The number of benzene rings is 1. The maximum Gasteiger partial charge on any atom is 0.134 e. The summed E-state index contributed by atoms with van der Waals surface area (Å²) in [6, 6.07) is 9.01. The second-order valence-corrected chi connectivity index (χ2v) is 4.80. The molecular formula is C12H11BrClNO2. The van der Waals surface area contributed by atoms with Crippen molar-refractivity contribution < 1.29 is 9.52 Å². The van der Waals surface area contributed by atoms with Crippen molar-refractivity contribution in [2.24, 2.45) is 0 Å². The molecule has 0 saturated heterocycles. The molecule has 17 heavy (non-hydrogen) atoms. The van der Waals surface area contributed by atoms with Gasteiger partial charge in [-0.2, -0.15) is 0 Å². The Morgan fingerprint density at radius 3 is 2.88 bits per heavy atom. The van der Waals surface area contributed by atoms with Crippen LogP contribution in [-0.2, 0) is 0 Å². The van der Waals surface area contributed by atoms with Gasteiger partial charge < -0.3 is 14.8 Å². The van der Waals surface area contributed by atoms with E-state index in [-0.39, 0.29) is 0 Å². The standard InChI is InChI=1S/C12H11BrClNO2/c13-9-4-3-8(6-10(9)14)15-7-11(16)12-2-1-5-17-12/h1-6,11,15-16H,7H2. The van der Waals surface area contributed by atoms with Crippen molar-refractivity contribution in [3.63, 3.8) is 0 Å². The van der Waals surface area contributed by atoms with E-state index < -0.39 is 6.10 Å². The van der Waals surface area contributed by atoms with Gasteiger partial charge in [0, 0.05) is 16.7 Å². The minimum absolute atomic E-state index is 0.367. The molecule has 0 amide bonds. The maximum atomic E-state index is 9.80. The summed E-state index contributed by atoms with van der Waals surface area (Å²) >= 11 is 9.28. The summed E-state index contributed by atoms with van der Waals surface area (Å²) in [5.74, 6) is 0.542. The van der Waals surface area contributed by atoms with Gasteiger partial charge in [-0.25, -0.2) is 0 Å². The molecule has 2 aromatic rings. The van der Waals surface area contributed by atoms with E-state index in [2.05, 4.69) is 21.2 Å². The molecule has 0 aliphatic rings. The summed E-state index contributed by atoms with van der Waals surface area (Å²) < 4.78 is 5.95. The summed E-state index contributed by atoms with van der Waals surface area (Å²) in [6.07, 6.45) is 0.863. The van der Waals surface area contributed by atoms with Crippen LogP contribution in [-0.4, -0.2) is 11.7 Å². The van der Waals surface area contributed by atoms with Gasteiger partial charge in [0.15, 0.2) is 0 Å². The Hall–Kier alpha value is -0.970. The zero-order chi connectivity index (χ0) is 12.3. The van der Waals surface area contributed by atoms with Crippen LogP contribution in [0.25, 0.3) is 0 Å². The Morgan fingerprint density at radius 2 is 2.24 bits per heavy atom. The molecule has 90 valence electrons. The van der Waals surface area contributed by atoms with E-state index in [1.54, 1.807) is 18.2 Å². The SMILES string of the molecule is OC(CNc1ccc(Br)c(Cl)c1)c1ccco1. The topological polar surface area (TPSA) is 45.4 Å². The zero-order valence-corrected chi connectivity index (χ0v) is 11.2. The first kappa shape index (κ1) is 12.5. The van der Waals surface area contributed by atoms with Crippen LogP contribution in [0.15, 0.2) is 45.5 Å². The van der Waals surface area contributed by atoms with Crippen molar-refractivity contribution >= 4 is 33.2 Å². The molecule has 0 radical (unpaired) electrons. The van der Waals surface area contributed by atoms with E-state index in [4.69, 9.17) is 16.0 Å². The van der Waals surface area contributed by atoms with Gasteiger partial charge in [-0.15, -0.1) is 0 Å². The van der Waals surface area contributed by atoms with Gasteiger partial charge in [0.05, 0.1) is 11.3 Å². The first-order chi connectivity index (χ1) is 8.16. The molecule has 1 aromatic heterocycles. The molecule has 1 aromatic carbocycles. The minimum atomic E-state index is -0.674. The van der Waals surface area contributed by atoms with E-state index in [0.717, 1.165) is 10.2 Å². The molecule has 0 saturated carbocycles. The normalized spacial score (nSPS) is 12.4. The van der Waals surface area contributed by atoms with Crippen molar-refractivity contribution in [3.05, 3.63) is 51.9 Å². The van der Waals surface area contributed by atoms with Crippen molar-refractivity contribution in [2.75, 3.05) is 11.9 Å².